The summed E-state index contributed by atoms with van der Waals surface area (Å²) in [7, 11) is 0. The van der Waals surface area contributed by atoms with Crippen molar-refractivity contribution in [2.75, 3.05) is 6.61 Å². The first-order valence-corrected chi connectivity index (χ1v) is 10.9. The number of nitrogens with one attached hydrogen (secondary N) is 1. The maximum absolute atomic E-state index is 12.9. The highest BCUT2D eigenvalue weighted by Gasteiger charge is 2.32. The van der Waals surface area contributed by atoms with Gasteiger partial charge in [-0.3, -0.25) is 0 Å². The molecule has 0 radical (unpaired) electrons. The lowest BCUT2D eigenvalue weighted by molar-refractivity contribution is -0.160. The summed E-state index contributed by atoms with van der Waals surface area (Å²) in [5.74, 6) is -1.37. The molecule has 0 bridgehead atoms. The molecule has 178 valence electrons. The van der Waals surface area contributed by atoms with Gasteiger partial charge in [-0.05, 0) is 64.4 Å². The summed E-state index contributed by atoms with van der Waals surface area (Å²) >= 11 is 5.93. The minimum absolute atomic E-state index is 0.324. The van der Waals surface area contributed by atoms with Crippen LogP contribution < -0.4 is 5.32 Å². The molecule has 0 aliphatic rings. The van der Waals surface area contributed by atoms with Crippen LogP contribution >= 0.6 is 11.6 Å². The van der Waals surface area contributed by atoms with Crippen LogP contribution in [-0.4, -0.2) is 41.9 Å². The van der Waals surface area contributed by atoms with E-state index in [9.17, 15) is 14.4 Å². The fourth-order valence-corrected chi connectivity index (χ4v) is 3.03. The normalized spacial score (nSPS) is 12.4. The Morgan fingerprint density at radius 3 is 2.09 bits per heavy atom. The number of hydrogen-bond donors (Lipinski definition) is 1. The monoisotopic (exact) mass is 475 g/mol. The van der Waals surface area contributed by atoms with E-state index < -0.39 is 41.9 Å². The molecule has 33 heavy (non-hydrogen) atoms. The Morgan fingerprint density at radius 1 is 0.909 bits per heavy atom. The van der Waals surface area contributed by atoms with Crippen molar-refractivity contribution in [3.05, 3.63) is 70.7 Å². The van der Waals surface area contributed by atoms with Crippen molar-refractivity contribution in [1.82, 2.24) is 5.32 Å². The number of carbonyl (C=O) groups excluding carboxylic acids is 3. The first kappa shape index (κ1) is 26.2. The summed E-state index contributed by atoms with van der Waals surface area (Å²) in [5.41, 5.74) is -0.427. The molecule has 2 aromatic carbocycles. The van der Waals surface area contributed by atoms with Crippen LogP contribution in [0, 0.1) is 0 Å². The third kappa shape index (κ3) is 9.53. The van der Waals surface area contributed by atoms with E-state index in [0.29, 0.717) is 17.0 Å². The third-order valence-electron chi connectivity index (χ3n) is 4.29. The summed E-state index contributed by atoms with van der Waals surface area (Å²) in [4.78, 5) is 37.5. The number of carbonyl (C=O) groups is 3. The highest BCUT2D eigenvalue weighted by Crippen LogP contribution is 2.20. The molecule has 1 amide bonds. The molecule has 8 heteroatoms. The maximum atomic E-state index is 12.9. The molecular formula is C25H30ClNO6. The Bertz CT molecular complexity index is 951. The predicted octanol–water partition coefficient (Wildman–Crippen LogP) is 4.95. The van der Waals surface area contributed by atoms with E-state index in [4.69, 9.17) is 25.8 Å². The summed E-state index contributed by atoms with van der Waals surface area (Å²) in [6, 6.07) is 14.3. The summed E-state index contributed by atoms with van der Waals surface area (Å²) in [6.07, 6.45) is -0.408. The number of ether oxygens (including phenoxy) is 3. The van der Waals surface area contributed by atoms with E-state index in [1.807, 2.05) is 12.1 Å². The summed E-state index contributed by atoms with van der Waals surface area (Å²) in [5, 5.41) is 3.05. The second-order valence-corrected chi connectivity index (χ2v) is 9.58. The van der Waals surface area contributed by atoms with Crippen molar-refractivity contribution >= 4 is 29.6 Å². The zero-order valence-electron chi connectivity index (χ0n) is 19.5. The van der Waals surface area contributed by atoms with Gasteiger partial charge in [0.05, 0.1) is 5.56 Å². The Hall–Kier alpha value is -3.06. The molecule has 1 unspecified atom stereocenters. The summed E-state index contributed by atoms with van der Waals surface area (Å²) in [6.45, 7) is 8.18. The Balaban J connectivity index is 2.09. The Kier molecular flexibility index (Phi) is 8.88. The van der Waals surface area contributed by atoms with Crippen LogP contribution in [0.15, 0.2) is 54.6 Å². The zero-order chi connectivity index (χ0) is 24.6. The molecule has 0 heterocycles. The van der Waals surface area contributed by atoms with Gasteiger partial charge >= 0.3 is 18.0 Å². The SMILES string of the molecule is CC(C)(C)OC(=O)NC(COC(=O)c1ccccc1)C(=O)OC(C)(C)Cc1ccc(Cl)cc1. The number of alkyl carbamates (subject to hydrolysis) is 1. The fourth-order valence-electron chi connectivity index (χ4n) is 2.91. The molecule has 1 atom stereocenters. The number of benzene rings is 2. The van der Waals surface area contributed by atoms with Gasteiger partial charge in [-0.15, -0.1) is 0 Å². The van der Waals surface area contributed by atoms with Crippen LogP contribution in [0.3, 0.4) is 0 Å². The van der Waals surface area contributed by atoms with Crippen LogP contribution in [0.2, 0.25) is 5.02 Å². The molecule has 0 aromatic heterocycles. The molecule has 0 spiro atoms. The van der Waals surface area contributed by atoms with Gasteiger partial charge in [0.15, 0.2) is 6.04 Å². The molecule has 2 aromatic rings. The molecule has 0 aliphatic heterocycles. The minimum atomic E-state index is -1.25. The van der Waals surface area contributed by atoms with Gasteiger partial charge in [0.1, 0.15) is 17.8 Å². The fraction of sp³-hybridized carbons (Fsp3) is 0.400. The molecular weight excluding hydrogens is 446 g/mol. The molecule has 0 saturated heterocycles. The van der Waals surface area contributed by atoms with Crippen molar-refractivity contribution in [1.29, 1.82) is 0 Å². The van der Waals surface area contributed by atoms with Gasteiger partial charge in [0, 0.05) is 11.4 Å². The van der Waals surface area contributed by atoms with Crippen LogP contribution in [0.25, 0.3) is 0 Å². The van der Waals surface area contributed by atoms with Gasteiger partial charge in [-0.25, -0.2) is 14.4 Å². The van der Waals surface area contributed by atoms with E-state index in [2.05, 4.69) is 5.32 Å². The molecule has 1 N–H and O–H groups in total. The molecule has 2 rings (SSSR count). The van der Waals surface area contributed by atoms with Gasteiger partial charge in [0.2, 0.25) is 0 Å². The van der Waals surface area contributed by atoms with Gasteiger partial charge in [-0.2, -0.15) is 0 Å². The second kappa shape index (κ2) is 11.2. The third-order valence-corrected chi connectivity index (χ3v) is 4.54. The Labute approximate surface area is 199 Å². The largest absolute Gasteiger partial charge is 0.459 e. The van der Waals surface area contributed by atoms with Crippen molar-refractivity contribution in [2.24, 2.45) is 0 Å². The van der Waals surface area contributed by atoms with Crippen LogP contribution in [0.1, 0.15) is 50.5 Å². The van der Waals surface area contributed by atoms with Gasteiger partial charge in [0.25, 0.3) is 0 Å². The van der Waals surface area contributed by atoms with Crippen LogP contribution in [-0.2, 0) is 25.4 Å². The average Bonchev–Trinajstić information content (AvgIpc) is 2.71. The van der Waals surface area contributed by atoms with E-state index in [1.54, 1.807) is 77.1 Å². The van der Waals surface area contributed by atoms with Crippen LogP contribution in [0.5, 0.6) is 0 Å². The number of esters is 2. The molecule has 7 nitrogen and oxygen atoms in total. The predicted molar refractivity (Wildman–Crippen MR) is 125 cm³/mol. The molecule has 0 aliphatic carbocycles. The number of halogens is 1. The van der Waals surface area contributed by atoms with Gasteiger partial charge in [-0.1, -0.05) is 41.9 Å². The summed E-state index contributed by atoms with van der Waals surface area (Å²) < 4.78 is 16.2. The standard InChI is InChI=1S/C25H30ClNO6/c1-24(2,3)33-23(30)27-20(16-31-21(28)18-9-7-6-8-10-18)22(29)32-25(4,5)15-17-11-13-19(26)14-12-17/h6-14,20H,15-16H2,1-5H3,(H,27,30). The number of rotatable bonds is 8. The quantitative estimate of drug-likeness (QED) is 0.429. The van der Waals surface area contributed by atoms with Crippen molar-refractivity contribution in [3.63, 3.8) is 0 Å². The zero-order valence-corrected chi connectivity index (χ0v) is 20.3. The Morgan fingerprint density at radius 2 is 1.52 bits per heavy atom. The lowest BCUT2D eigenvalue weighted by atomic mass is 9.98. The van der Waals surface area contributed by atoms with Crippen molar-refractivity contribution < 1.29 is 28.6 Å². The first-order valence-electron chi connectivity index (χ1n) is 10.5. The topological polar surface area (TPSA) is 90.9 Å². The minimum Gasteiger partial charge on any atom is -0.459 e. The highest BCUT2D eigenvalue weighted by atomic mass is 35.5. The number of hydrogen-bond acceptors (Lipinski definition) is 6. The van der Waals surface area contributed by atoms with Gasteiger partial charge < -0.3 is 19.5 Å². The smallest absolute Gasteiger partial charge is 0.408 e. The molecule has 0 fully saturated rings. The number of amides is 1. The molecule has 0 saturated carbocycles. The van der Waals surface area contributed by atoms with E-state index in [-0.39, 0.29) is 0 Å². The average molecular weight is 476 g/mol. The lowest BCUT2D eigenvalue weighted by Gasteiger charge is -2.28. The van der Waals surface area contributed by atoms with Crippen LogP contribution in [0.4, 0.5) is 4.79 Å². The van der Waals surface area contributed by atoms with E-state index in [1.165, 1.54) is 0 Å². The lowest BCUT2D eigenvalue weighted by Crippen LogP contribution is -2.49. The van der Waals surface area contributed by atoms with E-state index in [0.717, 1.165) is 5.56 Å². The van der Waals surface area contributed by atoms with E-state index >= 15 is 0 Å². The second-order valence-electron chi connectivity index (χ2n) is 9.15. The first-order chi connectivity index (χ1) is 15.3. The van der Waals surface area contributed by atoms with Crippen molar-refractivity contribution in [3.8, 4) is 0 Å². The maximum Gasteiger partial charge on any atom is 0.408 e. The highest BCUT2D eigenvalue weighted by molar-refractivity contribution is 6.30. The van der Waals surface area contributed by atoms with Crippen molar-refractivity contribution in [2.45, 2.75) is 58.3 Å².